The Morgan fingerprint density at radius 1 is 0.652 bits per heavy atom. The summed E-state index contributed by atoms with van der Waals surface area (Å²) in [6.45, 7) is 7.30. The molecule has 0 aromatic heterocycles. The molecular weight excluding hydrogens is 276 g/mol. The van der Waals surface area contributed by atoms with E-state index in [9.17, 15) is 0 Å². The fraction of sp³-hybridized carbons (Fsp3) is 1.00. The quantitative estimate of drug-likeness (QED) is 0.318. The van der Waals surface area contributed by atoms with Crippen molar-refractivity contribution in [1.82, 2.24) is 0 Å². The molecule has 0 aliphatic heterocycles. The maximum Gasteiger partial charge on any atom is -0.0292 e. The zero-order valence-corrected chi connectivity index (χ0v) is 16.5. The van der Waals surface area contributed by atoms with Gasteiger partial charge in [-0.2, -0.15) is 0 Å². The van der Waals surface area contributed by atoms with Gasteiger partial charge in [0.15, 0.2) is 0 Å². The Labute approximate surface area is 147 Å². The lowest BCUT2D eigenvalue weighted by molar-refractivity contribution is 0.175. The van der Waals surface area contributed by atoms with E-state index in [1.165, 1.54) is 64.2 Å². The molecule has 0 spiro atoms. The summed E-state index contributed by atoms with van der Waals surface area (Å²) in [6, 6.07) is 0. The van der Waals surface area contributed by atoms with Gasteiger partial charge in [0.25, 0.3) is 0 Å². The highest BCUT2D eigenvalue weighted by Gasteiger charge is 2.51. The molecule has 2 fully saturated rings. The van der Waals surface area contributed by atoms with E-state index in [0.29, 0.717) is 0 Å². The third kappa shape index (κ3) is 5.50. The SMILES string of the molecule is CCCCCCCC1CCC2(C)CCC(CCCCCCC)C12. The average molecular weight is 321 g/mol. The minimum Gasteiger partial charge on any atom is -0.0654 e. The summed E-state index contributed by atoms with van der Waals surface area (Å²) in [7, 11) is 0. The molecule has 23 heavy (non-hydrogen) atoms. The lowest BCUT2D eigenvalue weighted by atomic mass is 9.74. The van der Waals surface area contributed by atoms with Gasteiger partial charge in [-0.1, -0.05) is 97.8 Å². The van der Waals surface area contributed by atoms with E-state index in [4.69, 9.17) is 0 Å². The zero-order chi connectivity index (χ0) is 16.5. The maximum absolute atomic E-state index is 2.64. The smallest absolute Gasteiger partial charge is 0.0292 e. The number of hydrogen-bond acceptors (Lipinski definition) is 0. The predicted octanol–water partition coefficient (Wildman–Crippen LogP) is 8.15. The lowest BCUT2D eigenvalue weighted by Crippen LogP contribution is -2.24. The molecule has 2 aliphatic carbocycles. The van der Waals surface area contributed by atoms with Gasteiger partial charge < -0.3 is 0 Å². The Hall–Kier alpha value is 0. The van der Waals surface area contributed by atoms with Gasteiger partial charge in [0.2, 0.25) is 0 Å². The monoisotopic (exact) mass is 320 g/mol. The topological polar surface area (TPSA) is 0 Å². The van der Waals surface area contributed by atoms with Crippen LogP contribution in [0.3, 0.4) is 0 Å². The molecule has 0 saturated heterocycles. The first-order valence-corrected chi connectivity index (χ1v) is 11.2. The van der Waals surface area contributed by atoms with Crippen LogP contribution in [0.5, 0.6) is 0 Å². The molecule has 0 amide bonds. The average Bonchev–Trinajstić information content (AvgIpc) is 3.03. The van der Waals surface area contributed by atoms with Crippen molar-refractivity contribution in [2.24, 2.45) is 23.2 Å². The molecule has 0 heteroatoms. The number of unbranched alkanes of at least 4 members (excludes halogenated alkanes) is 8. The fourth-order valence-corrected chi connectivity index (χ4v) is 6.04. The van der Waals surface area contributed by atoms with Crippen molar-refractivity contribution in [3.63, 3.8) is 0 Å². The molecule has 136 valence electrons. The Morgan fingerprint density at radius 2 is 1.09 bits per heavy atom. The van der Waals surface area contributed by atoms with Crippen LogP contribution in [0, 0.1) is 23.2 Å². The first kappa shape index (κ1) is 19.3. The van der Waals surface area contributed by atoms with Gasteiger partial charge in [0, 0.05) is 0 Å². The molecule has 0 N–H and O–H groups in total. The van der Waals surface area contributed by atoms with Crippen LogP contribution in [0.4, 0.5) is 0 Å². The molecule has 0 radical (unpaired) electrons. The zero-order valence-electron chi connectivity index (χ0n) is 16.5. The molecule has 0 aromatic carbocycles. The molecule has 0 heterocycles. The van der Waals surface area contributed by atoms with Crippen molar-refractivity contribution in [3.05, 3.63) is 0 Å². The van der Waals surface area contributed by atoms with E-state index in [1.807, 2.05) is 0 Å². The number of fused-ring (bicyclic) bond motifs is 1. The van der Waals surface area contributed by atoms with Gasteiger partial charge in [0.05, 0.1) is 0 Å². The van der Waals surface area contributed by atoms with E-state index >= 15 is 0 Å². The number of hydrogen-bond donors (Lipinski definition) is 0. The van der Waals surface area contributed by atoms with Crippen molar-refractivity contribution in [2.75, 3.05) is 0 Å². The van der Waals surface area contributed by atoms with Gasteiger partial charge in [0.1, 0.15) is 0 Å². The van der Waals surface area contributed by atoms with Crippen molar-refractivity contribution >= 4 is 0 Å². The Kier molecular flexibility index (Phi) is 8.48. The van der Waals surface area contributed by atoms with Crippen LogP contribution in [-0.4, -0.2) is 0 Å². The standard InChI is InChI=1S/C23H44/c1-4-6-8-10-12-14-20-16-18-23(3)19-17-21(22(20)23)15-13-11-9-7-5-2/h20-22H,4-19H2,1-3H3. The lowest BCUT2D eigenvalue weighted by Gasteiger charge is -2.31. The van der Waals surface area contributed by atoms with Gasteiger partial charge in [-0.25, -0.2) is 0 Å². The van der Waals surface area contributed by atoms with Crippen LogP contribution in [0.15, 0.2) is 0 Å². The Morgan fingerprint density at radius 3 is 1.52 bits per heavy atom. The van der Waals surface area contributed by atoms with Gasteiger partial charge >= 0.3 is 0 Å². The summed E-state index contributed by atoms with van der Waals surface area (Å²) in [5, 5.41) is 0. The highest BCUT2D eigenvalue weighted by molar-refractivity contribution is 5.01. The minimum atomic E-state index is 0.738. The molecule has 2 aliphatic rings. The van der Waals surface area contributed by atoms with Crippen LogP contribution in [0.2, 0.25) is 0 Å². The van der Waals surface area contributed by atoms with Crippen LogP contribution in [-0.2, 0) is 0 Å². The molecule has 0 nitrogen and oxygen atoms in total. The molecule has 2 saturated carbocycles. The summed E-state index contributed by atoms with van der Waals surface area (Å²) < 4.78 is 0. The molecule has 2 unspecified atom stereocenters. The van der Waals surface area contributed by atoms with Crippen LogP contribution in [0.1, 0.15) is 124 Å². The fourth-order valence-electron chi connectivity index (χ4n) is 6.04. The Balaban J connectivity index is 1.73. The molecule has 2 rings (SSSR count). The van der Waals surface area contributed by atoms with Gasteiger partial charge in [-0.15, -0.1) is 0 Å². The third-order valence-corrected chi connectivity index (χ3v) is 7.35. The summed E-state index contributed by atoms with van der Waals surface area (Å²) >= 11 is 0. The van der Waals surface area contributed by atoms with E-state index in [2.05, 4.69) is 20.8 Å². The number of rotatable bonds is 12. The van der Waals surface area contributed by atoms with E-state index in [0.717, 1.165) is 23.2 Å². The summed E-state index contributed by atoms with van der Waals surface area (Å²) in [6.07, 6.45) is 23.9. The first-order chi connectivity index (χ1) is 11.2. The van der Waals surface area contributed by atoms with Crippen LogP contribution < -0.4 is 0 Å². The van der Waals surface area contributed by atoms with Crippen molar-refractivity contribution < 1.29 is 0 Å². The van der Waals surface area contributed by atoms with Crippen LogP contribution >= 0.6 is 0 Å². The Bertz CT molecular complexity index is 279. The summed E-state index contributed by atoms with van der Waals surface area (Å²) in [4.78, 5) is 0. The van der Waals surface area contributed by atoms with E-state index in [-0.39, 0.29) is 0 Å². The second kappa shape index (κ2) is 10.1. The summed E-state index contributed by atoms with van der Waals surface area (Å²) in [5.74, 6) is 3.27. The molecule has 0 bridgehead atoms. The molecular formula is C23H44. The largest absolute Gasteiger partial charge is 0.0654 e. The maximum atomic E-state index is 2.64. The predicted molar refractivity (Wildman–Crippen MR) is 104 cm³/mol. The third-order valence-electron chi connectivity index (χ3n) is 7.35. The van der Waals surface area contributed by atoms with Gasteiger partial charge in [-0.05, 0) is 48.9 Å². The van der Waals surface area contributed by atoms with Gasteiger partial charge in [-0.3, -0.25) is 0 Å². The van der Waals surface area contributed by atoms with E-state index in [1.54, 1.807) is 38.5 Å². The van der Waals surface area contributed by atoms with Crippen molar-refractivity contribution in [2.45, 2.75) is 124 Å². The molecule has 2 atom stereocenters. The van der Waals surface area contributed by atoms with Crippen LogP contribution in [0.25, 0.3) is 0 Å². The summed E-state index contributed by atoms with van der Waals surface area (Å²) in [5.41, 5.74) is 0.738. The highest BCUT2D eigenvalue weighted by Crippen LogP contribution is 2.61. The van der Waals surface area contributed by atoms with Crippen molar-refractivity contribution in [1.29, 1.82) is 0 Å². The normalized spacial score (nSPS) is 33.3. The first-order valence-electron chi connectivity index (χ1n) is 11.2. The molecule has 0 aromatic rings. The second-order valence-corrected chi connectivity index (χ2v) is 9.18. The second-order valence-electron chi connectivity index (χ2n) is 9.18. The van der Waals surface area contributed by atoms with E-state index < -0.39 is 0 Å². The highest BCUT2D eigenvalue weighted by atomic mass is 14.6. The van der Waals surface area contributed by atoms with Crippen molar-refractivity contribution in [3.8, 4) is 0 Å². The minimum absolute atomic E-state index is 0.738.